The van der Waals surface area contributed by atoms with E-state index < -0.39 is 28.4 Å². The topological polar surface area (TPSA) is 142 Å². The fourth-order valence-corrected chi connectivity index (χ4v) is 4.48. The summed E-state index contributed by atoms with van der Waals surface area (Å²) in [4.78, 5) is 41.4. The average molecular weight is 490 g/mol. The molecule has 3 aromatic rings. The van der Waals surface area contributed by atoms with E-state index >= 15 is 0 Å². The molecule has 1 unspecified atom stereocenters. The number of ketones is 1. The van der Waals surface area contributed by atoms with Crippen molar-refractivity contribution in [1.29, 1.82) is 0 Å². The van der Waals surface area contributed by atoms with E-state index in [0.717, 1.165) is 0 Å². The molecule has 11 heteroatoms. The maximum Gasteiger partial charge on any atom is 0.295 e. The van der Waals surface area contributed by atoms with Crippen molar-refractivity contribution in [2.75, 3.05) is 19.8 Å². The van der Waals surface area contributed by atoms with Crippen LogP contribution in [0.15, 0.2) is 66.8 Å². The Morgan fingerprint density at radius 2 is 1.94 bits per heavy atom. The van der Waals surface area contributed by atoms with Crippen molar-refractivity contribution >= 4 is 23.1 Å². The molecule has 1 amide bonds. The Morgan fingerprint density at radius 1 is 1.14 bits per heavy atom. The molecule has 2 aliphatic heterocycles. The average Bonchev–Trinajstić information content (AvgIpc) is 3.50. The summed E-state index contributed by atoms with van der Waals surface area (Å²) in [6.07, 6.45) is 5.85. The molecule has 5 rings (SSSR count). The number of aromatic nitrogens is 2. The number of nitro benzene ring substituents is 1. The van der Waals surface area contributed by atoms with E-state index in [1.54, 1.807) is 24.7 Å². The van der Waals surface area contributed by atoms with Gasteiger partial charge < -0.3 is 19.5 Å². The van der Waals surface area contributed by atoms with Gasteiger partial charge in [-0.15, -0.1) is 0 Å². The van der Waals surface area contributed by atoms with Gasteiger partial charge in [-0.3, -0.25) is 24.7 Å². The number of nitrogens with zero attached hydrogens (tertiary/aromatic N) is 3. The lowest BCUT2D eigenvalue weighted by Crippen LogP contribution is -2.36. The highest BCUT2D eigenvalue weighted by molar-refractivity contribution is 6.46. The van der Waals surface area contributed by atoms with E-state index in [4.69, 9.17) is 9.47 Å². The van der Waals surface area contributed by atoms with Crippen LogP contribution in [0.4, 0.5) is 5.69 Å². The number of H-pyrrole nitrogens is 1. The largest absolute Gasteiger partial charge is 0.872 e. The minimum atomic E-state index is -1.05. The second kappa shape index (κ2) is 9.53. The van der Waals surface area contributed by atoms with E-state index in [2.05, 4.69) is 4.98 Å². The van der Waals surface area contributed by atoms with Gasteiger partial charge in [0.25, 0.3) is 11.6 Å². The Kier molecular flexibility index (Phi) is 6.11. The van der Waals surface area contributed by atoms with Gasteiger partial charge in [-0.2, -0.15) is 0 Å². The van der Waals surface area contributed by atoms with Crippen molar-refractivity contribution in [1.82, 2.24) is 9.88 Å². The Morgan fingerprint density at radius 3 is 2.69 bits per heavy atom. The zero-order valence-electron chi connectivity index (χ0n) is 19.1. The molecule has 184 valence electrons. The van der Waals surface area contributed by atoms with E-state index in [-0.39, 0.29) is 23.4 Å². The van der Waals surface area contributed by atoms with Crippen LogP contribution in [0, 0.1) is 10.1 Å². The minimum Gasteiger partial charge on any atom is -0.872 e. The van der Waals surface area contributed by atoms with Crippen LogP contribution in [0.2, 0.25) is 0 Å². The molecule has 0 bridgehead atoms. The Bertz CT molecular complexity index is 1370. The maximum absolute atomic E-state index is 13.6. The summed E-state index contributed by atoms with van der Waals surface area (Å²) in [5.41, 5.74) is 0.0360. The summed E-state index contributed by atoms with van der Waals surface area (Å²) < 4.78 is 12.9. The number of aryl methyl sites for hydroxylation is 1. The van der Waals surface area contributed by atoms with E-state index in [9.17, 15) is 24.8 Å². The third kappa shape index (κ3) is 4.26. The predicted octanol–water partition coefficient (Wildman–Crippen LogP) is 1.30. The normalized spacial score (nSPS) is 18.4. The van der Waals surface area contributed by atoms with E-state index in [1.165, 1.54) is 35.2 Å². The van der Waals surface area contributed by atoms with Crippen LogP contribution in [0.3, 0.4) is 0 Å². The number of hydrogen-bond acceptors (Lipinski definition) is 7. The fourth-order valence-electron chi connectivity index (χ4n) is 4.48. The molecule has 0 saturated carbocycles. The highest BCUT2D eigenvalue weighted by Gasteiger charge is 2.44. The lowest BCUT2D eigenvalue weighted by molar-refractivity contribution is -0.695. The Hall–Kier alpha value is -4.67. The second-order valence-electron chi connectivity index (χ2n) is 8.39. The van der Waals surface area contributed by atoms with Crippen molar-refractivity contribution < 1.29 is 33.7 Å². The van der Waals surface area contributed by atoms with Gasteiger partial charge in [0.1, 0.15) is 25.6 Å². The highest BCUT2D eigenvalue weighted by Crippen LogP contribution is 2.41. The zero-order valence-corrected chi connectivity index (χ0v) is 19.1. The molecule has 2 aromatic carbocycles. The molecule has 0 radical (unpaired) electrons. The summed E-state index contributed by atoms with van der Waals surface area (Å²) in [7, 11) is 0. The number of fused-ring (bicyclic) bond motifs is 1. The third-order valence-electron chi connectivity index (χ3n) is 6.15. The predicted molar refractivity (Wildman–Crippen MR) is 123 cm³/mol. The molecule has 1 fully saturated rings. The summed E-state index contributed by atoms with van der Waals surface area (Å²) >= 11 is 0. The first-order valence-electron chi connectivity index (χ1n) is 11.4. The van der Waals surface area contributed by atoms with Gasteiger partial charge in [0.2, 0.25) is 12.1 Å². The van der Waals surface area contributed by atoms with Crippen LogP contribution in [0.1, 0.15) is 23.6 Å². The monoisotopic (exact) mass is 490 g/mol. The highest BCUT2D eigenvalue weighted by atomic mass is 16.6. The number of carbonyl (C=O) groups is 2. The molecule has 0 spiro atoms. The summed E-state index contributed by atoms with van der Waals surface area (Å²) in [5, 5.41) is 25.0. The smallest absolute Gasteiger partial charge is 0.295 e. The fraction of sp³-hybridized carbons (Fsp3) is 0.240. The van der Waals surface area contributed by atoms with Gasteiger partial charge >= 0.3 is 0 Å². The number of carbonyl (C=O) groups excluding carboxylic acids is 2. The van der Waals surface area contributed by atoms with Gasteiger partial charge in [0.05, 0.1) is 17.5 Å². The SMILES string of the molecule is O=C1C(=O)N(CCC[n+]2cc[nH]c2)C(c2cccc([N+](=O)[O-])c2)C1=C([O-])c1ccc2c(c1)OCCO2. The number of likely N-dealkylation sites (tertiary alicyclic amines) is 1. The number of imidazole rings is 1. The molecule has 1 saturated heterocycles. The molecule has 2 aliphatic rings. The van der Waals surface area contributed by atoms with Crippen LogP contribution >= 0.6 is 0 Å². The number of nitro groups is 1. The number of rotatable bonds is 7. The Balaban J connectivity index is 1.56. The number of benzene rings is 2. The number of non-ortho nitro benzene ring substituents is 1. The van der Waals surface area contributed by atoms with Crippen LogP contribution in [-0.2, 0) is 16.1 Å². The number of hydrogen-bond donors (Lipinski definition) is 1. The van der Waals surface area contributed by atoms with E-state index in [1.807, 2.05) is 10.8 Å². The van der Waals surface area contributed by atoms with Crippen molar-refractivity contribution in [3.05, 3.63) is 88.0 Å². The molecule has 3 heterocycles. The summed E-state index contributed by atoms with van der Waals surface area (Å²) in [6.45, 7) is 1.44. The maximum atomic E-state index is 13.6. The molecule has 0 aliphatic carbocycles. The van der Waals surface area contributed by atoms with Crippen LogP contribution in [-0.4, -0.2) is 46.3 Å². The third-order valence-corrected chi connectivity index (χ3v) is 6.15. The molecule has 11 nitrogen and oxygen atoms in total. The van der Waals surface area contributed by atoms with Gasteiger partial charge in [0.15, 0.2) is 11.5 Å². The first-order valence-corrected chi connectivity index (χ1v) is 11.4. The molecule has 36 heavy (non-hydrogen) atoms. The number of aromatic amines is 1. The lowest BCUT2D eigenvalue weighted by Gasteiger charge is -2.27. The first kappa shape index (κ1) is 23.1. The number of amides is 1. The minimum absolute atomic E-state index is 0.163. The van der Waals surface area contributed by atoms with Gasteiger partial charge in [0, 0.05) is 30.7 Å². The van der Waals surface area contributed by atoms with Crippen LogP contribution in [0.25, 0.3) is 5.76 Å². The number of nitrogens with one attached hydrogen (secondary N) is 1. The number of ether oxygens (including phenoxy) is 2. The Labute approximate surface area is 205 Å². The van der Waals surface area contributed by atoms with Gasteiger partial charge in [-0.05, 0) is 23.3 Å². The summed E-state index contributed by atoms with van der Waals surface area (Å²) in [5.74, 6) is -1.51. The standard InChI is InChI=1S/C25H22N4O7/c30-23(17-5-6-19-20(14-17)36-12-11-35-19)21-22(16-3-1-4-18(13-16)29(33)34)28(25(32)24(21)31)9-2-8-27-10-7-26-15-27/h1,3-7,10,13-15,22H,2,8-9,11-12H2,(H,30,31). The van der Waals surface area contributed by atoms with Crippen molar-refractivity contribution in [3.63, 3.8) is 0 Å². The molecular formula is C25H22N4O7. The quantitative estimate of drug-likeness (QED) is 0.131. The molecule has 1 atom stereocenters. The first-order chi connectivity index (χ1) is 17.4. The van der Waals surface area contributed by atoms with Crippen molar-refractivity contribution in [2.45, 2.75) is 19.0 Å². The molecule has 1 aromatic heterocycles. The molecule has 1 N–H and O–H groups in total. The second-order valence-corrected chi connectivity index (χ2v) is 8.39. The van der Waals surface area contributed by atoms with Crippen LogP contribution in [0.5, 0.6) is 11.5 Å². The van der Waals surface area contributed by atoms with Crippen molar-refractivity contribution in [2.24, 2.45) is 0 Å². The molecular weight excluding hydrogens is 468 g/mol. The van der Waals surface area contributed by atoms with E-state index in [0.29, 0.717) is 43.2 Å². The summed E-state index contributed by atoms with van der Waals surface area (Å²) in [6, 6.07) is 9.18. The zero-order chi connectivity index (χ0) is 25.2. The van der Waals surface area contributed by atoms with Crippen molar-refractivity contribution in [3.8, 4) is 11.5 Å². The van der Waals surface area contributed by atoms with Gasteiger partial charge in [-0.25, -0.2) is 4.57 Å². The number of Topliss-reactive ketones (excluding diaryl/α,β-unsaturated/α-hetero) is 1. The van der Waals surface area contributed by atoms with Gasteiger partial charge in [-0.1, -0.05) is 24.0 Å². The lowest BCUT2D eigenvalue weighted by atomic mass is 9.94. The van der Waals surface area contributed by atoms with Crippen LogP contribution < -0.4 is 19.1 Å².